The van der Waals surface area contributed by atoms with Gasteiger partial charge in [0.05, 0.1) is 24.4 Å². The van der Waals surface area contributed by atoms with Crippen molar-refractivity contribution in [3.8, 4) is 0 Å². The summed E-state index contributed by atoms with van der Waals surface area (Å²) < 4.78 is 8.11. The van der Waals surface area contributed by atoms with Crippen LogP contribution >= 0.6 is 11.8 Å². The highest BCUT2D eigenvalue weighted by atomic mass is 32.2. The number of thioether (sulfide) groups is 1. The Balaban J connectivity index is 1.25. The Morgan fingerprint density at radius 2 is 2.00 bits per heavy atom. The van der Waals surface area contributed by atoms with Crippen molar-refractivity contribution < 1.29 is 9.53 Å². The van der Waals surface area contributed by atoms with Crippen molar-refractivity contribution in [2.24, 2.45) is 5.92 Å². The Kier molecular flexibility index (Phi) is 7.21. The first-order chi connectivity index (χ1) is 16.2. The van der Waals surface area contributed by atoms with Gasteiger partial charge in [-0.3, -0.25) is 9.36 Å². The van der Waals surface area contributed by atoms with Crippen LogP contribution in [0.2, 0.25) is 0 Å². The fourth-order valence-corrected chi connectivity index (χ4v) is 6.01. The number of carbonyl (C=O) groups is 1. The number of anilines is 1. The van der Waals surface area contributed by atoms with E-state index in [1.54, 1.807) is 0 Å². The molecule has 2 aromatic rings. The topological polar surface area (TPSA) is 72.3 Å². The van der Waals surface area contributed by atoms with Crippen LogP contribution < -0.4 is 10.2 Å². The SMILES string of the molecule is CC1CCN(c2nnc(SCC(=O)NC3CCCc4ccccc43)n2CC2CCCO2)CC1. The molecule has 33 heavy (non-hydrogen) atoms. The predicted molar refractivity (Wildman–Crippen MR) is 131 cm³/mol. The molecule has 1 aromatic heterocycles. The molecule has 2 saturated heterocycles. The van der Waals surface area contributed by atoms with Crippen LogP contribution in [0.3, 0.4) is 0 Å². The molecule has 1 aliphatic carbocycles. The van der Waals surface area contributed by atoms with E-state index in [4.69, 9.17) is 4.74 Å². The fraction of sp³-hybridized carbons (Fsp3) is 0.640. The van der Waals surface area contributed by atoms with Gasteiger partial charge in [0.2, 0.25) is 11.9 Å². The van der Waals surface area contributed by atoms with Gasteiger partial charge < -0.3 is 15.0 Å². The summed E-state index contributed by atoms with van der Waals surface area (Å²) >= 11 is 1.49. The van der Waals surface area contributed by atoms with Crippen molar-refractivity contribution in [2.45, 2.75) is 75.7 Å². The number of benzene rings is 1. The number of aromatic nitrogens is 3. The third kappa shape index (κ3) is 5.38. The molecule has 0 radical (unpaired) electrons. The van der Waals surface area contributed by atoms with Crippen molar-refractivity contribution in [1.29, 1.82) is 0 Å². The molecule has 1 N–H and O–H groups in total. The number of nitrogens with zero attached hydrogens (tertiary/aromatic N) is 4. The monoisotopic (exact) mass is 469 g/mol. The van der Waals surface area contributed by atoms with E-state index in [0.717, 1.165) is 75.4 Å². The van der Waals surface area contributed by atoms with Gasteiger partial charge in [0.1, 0.15) is 0 Å². The van der Waals surface area contributed by atoms with Crippen LogP contribution in [0.1, 0.15) is 62.6 Å². The maximum absolute atomic E-state index is 12.9. The molecule has 178 valence electrons. The molecule has 2 atom stereocenters. The second-order valence-electron chi connectivity index (χ2n) is 9.70. The highest BCUT2D eigenvalue weighted by Gasteiger charge is 2.27. The van der Waals surface area contributed by atoms with E-state index in [2.05, 4.69) is 56.2 Å². The molecule has 2 fully saturated rings. The molecular weight excluding hydrogens is 434 g/mol. The van der Waals surface area contributed by atoms with Gasteiger partial charge in [0.25, 0.3) is 0 Å². The summed E-state index contributed by atoms with van der Waals surface area (Å²) in [6, 6.07) is 8.59. The fourth-order valence-electron chi connectivity index (χ4n) is 5.25. The summed E-state index contributed by atoms with van der Waals surface area (Å²) in [6.07, 6.45) is 7.96. The Bertz CT molecular complexity index is 950. The molecule has 3 aliphatic rings. The van der Waals surface area contributed by atoms with Crippen molar-refractivity contribution in [3.05, 3.63) is 35.4 Å². The quantitative estimate of drug-likeness (QED) is 0.619. The maximum Gasteiger partial charge on any atom is 0.230 e. The van der Waals surface area contributed by atoms with E-state index < -0.39 is 0 Å². The molecule has 7 nitrogen and oxygen atoms in total. The minimum atomic E-state index is 0.0571. The Morgan fingerprint density at radius 3 is 2.82 bits per heavy atom. The lowest BCUT2D eigenvalue weighted by Crippen LogP contribution is -2.35. The number of ether oxygens (including phenoxy) is 1. The molecule has 1 aromatic carbocycles. The number of nitrogens with one attached hydrogen (secondary N) is 1. The van der Waals surface area contributed by atoms with Crippen molar-refractivity contribution in [2.75, 3.05) is 30.3 Å². The molecule has 0 bridgehead atoms. The summed E-state index contributed by atoms with van der Waals surface area (Å²) in [5, 5.41) is 13.1. The van der Waals surface area contributed by atoms with Crippen molar-refractivity contribution in [3.63, 3.8) is 0 Å². The molecule has 1 amide bonds. The number of hydrogen-bond donors (Lipinski definition) is 1. The molecular formula is C25H35N5O2S. The third-order valence-electron chi connectivity index (χ3n) is 7.21. The van der Waals surface area contributed by atoms with Crippen molar-refractivity contribution >= 4 is 23.6 Å². The number of piperidine rings is 1. The van der Waals surface area contributed by atoms with Crippen LogP contribution in [0.25, 0.3) is 0 Å². The highest BCUT2D eigenvalue weighted by Crippen LogP contribution is 2.31. The first kappa shape index (κ1) is 22.7. The van der Waals surface area contributed by atoms with Gasteiger partial charge >= 0.3 is 0 Å². The normalized spacial score (nSPS) is 23.5. The summed E-state index contributed by atoms with van der Waals surface area (Å²) in [7, 11) is 0. The zero-order valence-electron chi connectivity index (χ0n) is 19.5. The molecule has 5 rings (SSSR count). The van der Waals surface area contributed by atoms with Gasteiger partial charge in [-0.05, 0) is 62.0 Å². The number of carbonyl (C=O) groups excluding carboxylic acids is 1. The zero-order chi connectivity index (χ0) is 22.6. The smallest absolute Gasteiger partial charge is 0.230 e. The van der Waals surface area contributed by atoms with Crippen LogP contribution in [0.5, 0.6) is 0 Å². The first-order valence-electron chi connectivity index (χ1n) is 12.5. The second kappa shape index (κ2) is 10.5. The zero-order valence-corrected chi connectivity index (χ0v) is 20.4. The molecule has 0 saturated carbocycles. The molecule has 8 heteroatoms. The maximum atomic E-state index is 12.9. The average Bonchev–Trinajstić information content (AvgIpc) is 3.49. The lowest BCUT2D eigenvalue weighted by atomic mass is 9.88. The molecule has 2 aliphatic heterocycles. The van der Waals surface area contributed by atoms with Crippen LogP contribution in [-0.2, 0) is 22.5 Å². The van der Waals surface area contributed by atoms with Crippen LogP contribution in [0.4, 0.5) is 5.95 Å². The number of hydrogen-bond acceptors (Lipinski definition) is 6. The van der Waals surface area contributed by atoms with Gasteiger partial charge in [-0.1, -0.05) is 43.0 Å². The predicted octanol–water partition coefficient (Wildman–Crippen LogP) is 3.98. The highest BCUT2D eigenvalue weighted by molar-refractivity contribution is 7.99. The number of amides is 1. The Labute approximate surface area is 200 Å². The van der Waals surface area contributed by atoms with E-state index in [1.807, 2.05) is 0 Å². The largest absolute Gasteiger partial charge is 0.376 e. The van der Waals surface area contributed by atoms with Gasteiger partial charge in [0.15, 0.2) is 5.16 Å². The van der Waals surface area contributed by atoms with Crippen molar-refractivity contribution in [1.82, 2.24) is 20.1 Å². The summed E-state index contributed by atoms with van der Waals surface area (Å²) in [5.74, 6) is 2.10. The molecule has 0 spiro atoms. The standard InChI is InChI=1S/C25H35N5O2S/c1-18-11-13-29(14-12-18)24-27-28-25(30(24)16-20-8-5-15-32-20)33-17-23(31)26-22-10-4-7-19-6-2-3-9-21(19)22/h2-3,6,9,18,20,22H,4-5,7-8,10-17H2,1H3,(H,26,31). The average molecular weight is 470 g/mol. The Morgan fingerprint density at radius 1 is 1.15 bits per heavy atom. The van der Waals surface area contributed by atoms with E-state index in [-0.39, 0.29) is 18.1 Å². The summed E-state index contributed by atoms with van der Waals surface area (Å²) in [5.41, 5.74) is 2.63. The Hall–Kier alpha value is -2.06. The van der Waals surface area contributed by atoms with Crippen LogP contribution in [0.15, 0.2) is 29.4 Å². The van der Waals surface area contributed by atoms with Crippen LogP contribution in [0, 0.1) is 5.92 Å². The summed E-state index contributed by atoms with van der Waals surface area (Å²) in [4.78, 5) is 15.2. The number of rotatable bonds is 7. The molecule has 3 heterocycles. The first-order valence-corrected chi connectivity index (χ1v) is 13.5. The van der Waals surface area contributed by atoms with Gasteiger partial charge in [0, 0.05) is 19.7 Å². The van der Waals surface area contributed by atoms with Gasteiger partial charge in [-0.25, -0.2) is 0 Å². The minimum absolute atomic E-state index is 0.0571. The van der Waals surface area contributed by atoms with E-state index in [1.165, 1.54) is 35.7 Å². The lowest BCUT2D eigenvalue weighted by Gasteiger charge is -2.31. The van der Waals surface area contributed by atoms with Gasteiger partial charge in [-0.2, -0.15) is 0 Å². The second-order valence-corrected chi connectivity index (χ2v) is 10.6. The lowest BCUT2D eigenvalue weighted by molar-refractivity contribution is -0.119. The molecule has 2 unspecified atom stereocenters. The number of aryl methyl sites for hydroxylation is 1. The van der Waals surface area contributed by atoms with E-state index in [0.29, 0.717) is 5.75 Å². The van der Waals surface area contributed by atoms with E-state index in [9.17, 15) is 4.79 Å². The minimum Gasteiger partial charge on any atom is -0.376 e. The van der Waals surface area contributed by atoms with Gasteiger partial charge in [-0.15, -0.1) is 10.2 Å². The van der Waals surface area contributed by atoms with E-state index >= 15 is 0 Å². The third-order valence-corrected chi connectivity index (χ3v) is 8.18. The van der Waals surface area contributed by atoms with Crippen LogP contribution in [-0.4, -0.2) is 52.2 Å². The number of fused-ring (bicyclic) bond motifs is 1. The summed E-state index contributed by atoms with van der Waals surface area (Å²) in [6.45, 7) is 5.93.